The lowest BCUT2D eigenvalue weighted by atomic mass is 9.61. The number of ether oxygens (including phenoxy) is 1. The zero-order valence-electron chi connectivity index (χ0n) is 20.6. The van der Waals surface area contributed by atoms with Crippen molar-refractivity contribution in [1.82, 2.24) is 4.90 Å². The Labute approximate surface area is 189 Å². The molecule has 0 aromatic rings. The Kier molecular flexibility index (Phi) is 5.45. The number of carbonyl (C=O) groups is 1. The van der Waals surface area contributed by atoms with Crippen molar-refractivity contribution >= 4 is 12.0 Å². The first-order valence-electron chi connectivity index (χ1n) is 13.2. The molecule has 1 saturated heterocycles. The molecule has 4 fully saturated rings. The van der Waals surface area contributed by atoms with E-state index in [1.165, 1.54) is 19.3 Å². The smallest absolute Gasteiger partial charge is 0.161 e. The number of hydrogen-bond acceptors (Lipinski definition) is 4. The Morgan fingerprint density at radius 3 is 2.48 bits per heavy atom. The molecule has 5 aliphatic rings. The largest absolute Gasteiger partial charge is 0.349 e. The Morgan fingerprint density at radius 1 is 1.06 bits per heavy atom. The molecule has 31 heavy (non-hydrogen) atoms. The van der Waals surface area contributed by atoms with E-state index >= 15 is 0 Å². The van der Waals surface area contributed by atoms with Crippen molar-refractivity contribution in [3.8, 4) is 0 Å². The van der Waals surface area contributed by atoms with Gasteiger partial charge in [0.2, 0.25) is 0 Å². The second-order valence-corrected chi connectivity index (χ2v) is 12.3. The normalized spacial score (nSPS) is 51.2. The summed E-state index contributed by atoms with van der Waals surface area (Å²) in [7, 11) is 2.29. The minimum Gasteiger partial charge on any atom is -0.349 e. The van der Waals surface area contributed by atoms with Crippen molar-refractivity contribution in [2.24, 2.45) is 46.4 Å². The fourth-order valence-electron chi connectivity index (χ4n) is 8.90. The van der Waals surface area contributed by atoms with Gasteiger partial charge in [0.15, 0.2) is 5.72 Å². The molecule has 0 bridgehead atoms. The number of nitrogens with zero attached hydrogens (tertiary/aromatic N) is 2. The fraction of sp³-hybridized carbons (Fsp3) is 0.926. The molecular formula is C27H44N2O2. The van der Waals surface area contributed by atoms with Crippen LogP contribution in [0.2, 0.25) is 0 Å². The van der Waals surface area contributed by atoms with E-state index < -0.39 is 0 Å². The summed E-state index contributed by atoms with van der Waals surface area (Å²) < 4.78 is 7.23. The number of hydrogen-bond donors (Lipinski definition) is 0. The van der Waals surface area contributed by atoms with Crippen molar-refractivity contribution < 1.29 is 9.53 Å². The van der Waals surface area contributed by atoms with Crippen molar-refractivity contribution in [3.63, 3.8) is 0 Å². The zero-order valence-corrected chi connectivity index (χ0v) is 20.6. The summed E-state index contributed by atoms with van der Waals surface area (Å²) in [6.45, 7) is 11.8. The van der Waals surface area contributed by atoms with Gasteiger partial charge in [0, 0.05) is 30.0 Å². The highest BCUT2D eigenvalue weighted by molar-refractivity contribution is 5.80. The predicted molar refractivity (Wildman–Crippen MR) is 125 cm³/mol. The third-order valence-electron chi connectivity index (χ3n) is 10.6. The van der Waals surface area contributed by atoms with E-state index in [0.29, 0.717) is 53.8 Å². The topological polar surface area (TPSA) is 41.9 Å². The van der Waals surface area contributed by atoms with Gasteiger partial charge in [-0.3, -0.25) is 14.7 Å². The second kappa shape index (κ2) is 7.65. The summed E-state index contributed by atoms with van der Waals surface area (Å²) in [6, 6.07) is 0.300. The van der Waals surface area contributed by atoms with E-state index in [1.54, 1.807) is 0 Å². The summed E-state index contributed by atoms with van der Waals surface area (Å²) in [6.07, 6.45) is 11.4. The zero-order chi connectivity index (χ0) is 22.1. The summed E-state index contributed by atoms with van der Waals surface area (Å²) in [5, 5.41) is 0. The van der Waals surface area contributed by atoms with Crippen LogP contribution in [0.5, 0.6) is 0 Å². The molecule has 0 aromatic carbocycles. The Hall–Kier alpha value is -0.740. The molecule has 4 nitrogen and oxygen atoms in total. The average Bonchev–Trinajstić information content (AvgIpc) is 2.94. The highest BCUT2D eigenvalue weighted by Gasteiger charge is 2.66. The van der Waals surface area contributed by atoms with E-state index in [-0.39, 0.29) is 17.4 Å². The van der Waals surface area contributed by atoms with E-state index in [2.05, 4.69) is 45.9 Å². The Bertz CT molecular complexity index is 748. The van der Waals surface area contributed by atoms with E-state index in [9.17, 15) is 4.79 Å². The van der Waals surface area contributed by atoms with Crippen LogP contribution in [0.15, 0.2) is 4.99 Å². The molecule has 3 aliphatic carbocycles. The molecule has 2 heterocycles. The van der Waals surface area contributed by atoms with E-state index in [1.807, 2.05) is 6.92 Å². The number of carbonyl (C=O) groups excluding carboxylic acids is 1. The molecule has 5 rings (SSSR count). The van der Waals surface area contributed by atoms with Crippen LogP contribution in [0, 0.1) is 41.4 Å². The average molecular weight is 429 g/mol. The number of rotatable bonds is 2. The van der Waals surface area contributed by atoms with Crippen LogP contribution in [0.25, 0.3) is 0 Å². The summed E-state index contributed by atoms with van der Waals surface area (Å²) >= 11 is 0. The monoisotopic (exact) mass is 428 g/mol. The van der Waals surface area contributed by atoms with Gasteiger partial charge in [-0.2, -0.15) is 0 Å². The second-order valence-electron chi connectivity index (χ2n) is 12.3. The quantitative estimate of drug-likeness (QED) is 0.595. The van der Waals surface area contributed by atoms with Gasteiger partial charge in [0.1, 0.15) is 5.78 Å². The lowest BCUT2D eigenvalue weighted by Crippen LogP contribution is -2.62. The van der Waals surface area contributed by atoms with Gasteiger partial charge in [0.05, 0.1) is 12.1 Å². The van der Waals surface area contributed by atoms with Crippen molar-refractivity contribution in [2.75, 3.05) is 7.05 Å². The molecule has 10 atom stereocenters. The molecule has 174 valence electrons. The number of ketones is 1. The van der Waals surface area contributed by atoms with Crippen LogP contribution >= 0.6 is 0 Å². The highest BCUT2D eigenvalue weighted by Crippen LogP contribution is 2.60. The third kappa shape index (κ3) is 3.14. The molecule has 4 heteroatoms. The van der Waals surface area contributed by atoms with Crippen molar-refractivity contribution in [2.45, 2.75) is 109 Å². The van der Waals surface area contributed by atoms with Gasteiger partial charge in [-0.05, 0) is 89.0 Å². The molecule has 10 unspecified atom stereocenters. The van der Waals surface area contributed by atoms with Gasteiger partial charge in [-0.25, -0.2) is 0 Å². The van der Waals surface area contributed by atoms with Gasteiger partial charge in [-0.15, -0.1) is 0 Å². The van der Waals surface area contributed by atoms with Gasteiger partial charge >= 0.3 is 0 Å². The lowest BCUT2D eigenvalue weighted by Gasteiger charge is -2.53. The molecule has 2 aliphatic heterocycles. The minimum atomic E-state index is -0.342. The molecule has 0 aromatic heterocycles. The molecule has 0 N–H and O–H groups in total. The van der Waals surface area contributed by atoms with E-state index in [0.717, 1.165) is 31.6 Å². The predicted octanol–water partition coefficient (Wildman–Crippen LogP) is 5.35. The summed E-state index contributed by atoms with van der Waals surface area (Å²) in [5.74, 6) is 4.61. The number of Topliss-reactive ketones (excluding diaryl/α,β-unsaturated/α-hetero) is 1. The lowest BCUT2D eigenvalue weighted by molar-refractivity contribution is -0.187. The van der Waals surface area contributed by atoms with Crippen molar-refractivity contribution in [3.05, 3.63) is 0 Å². The standard InChI is InChI=1S/C27H44N2O2/c1-7-21(30)19-10-12-20-18(14-19)11-13-22-25(20)28-15-27(31-22)24-17(3)9-8-16(2)23(24)26(4,5)29(27)6/h15-20,22-25H,7-14H2,1-6H3. The van der Waals surface area contributed by atoms with Crippen LogP contribution in [0.1, 0.15) is 86.0 Å². The van der Waals surface area contributed by atoms with Gasteiger partial charge in [-0.1, -0.05) is 27.2 Å². The first-order chi connectivity index (χ1) is 14.7. The van der Waals surface area contributed by atoms with Gasteiger partial charge < -0.3 is 4.74 Å². The highest BCUT2D eigenvalue weighted by atomic mass is 16.5. The number of aliphatic imine (C=N–C) groups is 1. The van der Waals surface area contributed by atoms with Crippen LogP contribution in [0.4, 0.5) is 0 Å². The fourth-order valence-corrected chi connectivity index (χ4v) is 8.90. The SMILES string of the molecule is CCC(=O)C1CCC2C(CCC3OC4(C=NC32)C2C(C)CCC(C)C2C(C)(C)N4C)C1. The Balaban J connectivity index is 1.43. The molecule has 0 amide bonds. The first kappa shape index (κ1) is 22.1. The minimum absolute atomic E-state index is 0.118. The number of fused-ring (bicyclic) bond motifs is 5. The summed E-state index contributed by atoms with van der Waals surface area (Å²) in [4.78, 5) is 20.2. The number of likely N-dealkylation sites (tertiary alicyclic amines) is 1. The maximum Gasteiger partial charge on any atom is 0.161 e. The Morgan fingerprint density at radius 2 is 1.77 bits per heavy atom. The molecule has 0 radical (unpaired) electrons. The van der Waals surface area contributed by atoms with Crippen molar-refractivity contribution in [1.29, 1.82) is 0 Å². The summed E-state index contributed by atoms with van der Waals surface area (Å²) in [5.41, 5.74) is -0.223. The van der Waals surface area contributed by atoms with Gasteiger partial charge in [0.25, 0.3) is 0 Å². The molecule has 1 spiro atoms. The van der Waals surface area contributed by atoms with Crippen LogP contribution in [-0.2, 0) is 9.53 Å². The third-order valence-corrected chi connectivity index (χ3v) is 10.6. The van der Waals surface area contributed by atoms with Crippen LogP contribution < -0.4 is 0 Å². The van der Waals surface area contributed by atoms with Crippen LogP contribution in [0.3, 0.4) is 0 Å². The first-order valence-corrected chi connectivity index (χ1v) is 13.2. The molecule has 3 saturated carbocycles. The maximum absolute atomic E-state index is 12.3. The van der Waals surface area contributed by atoms with E-state index in [4.69, 9.17) is 9.73 Å². The molecular weight excluding hydrogens is 384 g/mol. The maximum atomic E-state index is 12.3. The van der Waals surface area contributed by atoms with Crippen LogP contribution in [-0.4, -0.2) is 47.4 Å².